The average Bonchev–Trinajstić information content (AvgIpc) is 3.24. The Kier molecular flexibility index (Phi) is 3.33. The first-order valence-corrected chi connectivity index (χ1v) is 7.16. The molecule has 6 heteroatoms. The van der Waals surface area contributed by atoms with Gasteiger partial charge in [-0.2, -0.15) is 0 Å². The maximum Gasteiger partial charge on any atom is 0.337 e. The summed E-state index contributed by atoms with van der Waals surface area (Å²) < 4.78 is 1.63. The summed E-state index contributed by atoms with van der Waals surface area (Å²) in [4.78, 5) is 28.3. The molecule has 0 amide bonds. The number of carboxylic acids is 1. The van der Waals surface area contributed by atoms with Crippen LogP contribution in [-0.2, 0) is 6.54 Å². The molecule has 1 aliphatic carbocycles. The smallest absolute Gasteiger partial charge is 0.337 e. The van der Waals surface area contributed by atoms with Gasteiger partial charge in [0.15, 0.2) is 0 Å². The zero-order valence-corrected chi connectivity index (χ0v) is 12.2. The summed E-state index contributed by atoms with van der Waals surface area (Å²) in [6.07, 6.45) is 2.43. The molecule has 2 N–H and O–H groups in total. The van der Waals surface area contributed by atoms with E-state index in [2.05, 4.69) is 23.9 Å². The lowest BCUT2D eigenvalue weighted by Crippen LogP contribution is -2.36. The molecule has 0 saturated heterocycles. The Labute approximate surface area is 122 Å². The second kappa shape index (κ2) is 5.04. The minimum Gasteiger partial charge on any atom is -0.478 e. The first-order valence-electron chi connectivity index (χ1n) is 7.16. The molecule has 0 bridgehead atoms. The van der Waals surface area contributed by atoms with E-state index in [0.717, 1.165) is 0 Å². The number of aromatic nitrogens is 2. The topological polar surface area (TPSA) is 78.3 Å². The standard InChI is InChI=1S/C15H19N3O3/c1-9(17(2)10-6-7-10)8-18-12-5-3-4-11(14(19)20)13(12)16-15(18)21/h3-5,9-10H,6-8H2,1-2H3,(H,16,21)(H,19,20). The number of benzene rings is 1. The zero-order valence-electron chi connectivity index (χ0n) is 12.2. The van der Waals surface area contributed by atoms with Crippen LogP contribution in [-0.4, -0.2) is 44.7 Å². The van der Waals surface area contributed by atoms with Gasteiger partial charge in [0.2, 0.25) is 0 Å². The zero-order chi connectivity index (χ0) is 15.1. The largest absolute Gasteiger partial charge is 0.478 e. The van der Waals surface area contributed by atoms with Crippen molar-refractivity contribution in [2.24, 2.45) is 0 Å². The van der Waals surface area contributed by atoms with E-state index in [1.54, 1.807) is 16.7 Å². The van der Waals surface area contributed by atoms with Gasteiger partial charge in [-0.3, -0.25) is 9.47 Å². The van der Waals surface area contributed by atoms with Gasteiger partial charge in [0.1, 0.15) is 0 Å². The predicted octanol–water partition coefficient (Wildman–Crippen LogP) is 1.51. The van der Waals surface area contributed by atoms with Crippen molar-refractivity contribution in [2.45, 2.75) is 38.4 Å². The molecule has 6 nitrogen and oxygen atoms in total. The van der Waals surface area contributed by atoms with Gasteiger partial charge in [-0.25, -0.2) is 9.59 Å². The van der Waals surface area contributed by atoms with E-state index >= 15 is 0 Å². The highest BCUT2D eigenvalue weighted by Gasteiger charge is 2.29. The van der Waals surface area contributed by atoms with E-state index in [9.17, 15) is 14.7 Å². The van der Waals surface area contributed by atoms with Crippen molar-refractivity contribution in [1.82, 2.24) is 14.5 Å². The first kappa shape index (κ1) is 13.9. The molecule has 0 spiro atoms. The third kappa shape index (κ3) is 2.47. The van der Waals surface area contributed by atoms with Crippen LogP contribution in [0, 0.1) is 0 Å². The first-order chi connectivity index (χ1) is 9.99. The summed E-state index contributed by atoms with van der Waals surface area (Å²) in [5.74, 6) is -1.03. The third-order valence-corrected chi connectivity index (χ3v) is 4.31. The highest BCUT2D eigenvalue weighted by Crippen LogP contribution is 2.27. The van der Waals surface area contributed by atoms with Gasteiger partial charge in [-0.05, 0) is 38.9 Å². The van der Waals surface area contributed by atoms with E-state index in [0.29, 0.717) is 23.6 Å². The van der Waals surface area contributed by atoms with Crippen molar-refractivity contribution >= 4 is 17.0 Å². The molecule has 0 radical (unpaired) electrons. The van der Waals surface area contributed by atoms with Crippen molar-refractivity contribution in [3.63, 3.8) is 0 Å². The fourth-order valence-electron chi connectivity index (χ4n) is 2.77. The van der Waals surface area contributed by atoms with Gasteiger partial charge in [0.25, 0.3) is 0 Å². The number of nitrogens with zero attached hydrogens (tertiary/aromatic N) is 2. The van der Waals surface area contributed by atoms with Crippen LogP contribution in [0.3, 0.4) is 0 Å². The molecule has 1 fully saturated rings. The molecule has 1 aromatic heterocycles. The van der Waals surface area contributed by atoms with Gasteiger partial charge in [-0.15, -0.1) is 0 Å². The number of para-hydroxylation sites is 1. The Hall–Kier alpha value is -2.08. The summed E-state index contributed by atoms with van der Waals surface area (Å²) in [6.45, 7) is 2.64. The minimum atomic E-state index is -1.03. The molecule has 1 heterocycles. The molecule has 1 aliphatic rings. The summed E-state index contributed by atoms with van der Waals surface area (Å²) in [5, 5.41) is 9.19. The second-order valence-corrected chi connectivity index (χ2v) is 5.79. The van der Waals surface area contributed by atoms with Crippen LogP contribution in [0.25, 0.3) is 11.0 Å². The molecule has 112 valence electrons. The summed E-state index contributed by atoms with van der Waals surface area (Å²) in [7, 11) is 2.07. The number of hydrogen-bond donors (Lipinski definition) is 2. The normalized spacial score (nSPS) is 16.5. The molecule has 1 atom stereocenters. The van der Waals surface area contributed by atoms with Crippen molar-refractivity contribution in [3.05, 3.63) is 34.2 Å². The van der Waals surface area contributed by atoms with E-state index in [-0.39, 0.29) is 17.3 Å². The van der Waals surface area contributed by atoms with Crippen LogP contribution in [0.15, 0.2) is 23.0 Å². The fraction of sp³-hybridized carbons (Fsp3) is 0.467. The van der Waals surface area contributed by atoms with Crippen LogP contribution < -0.4 is 5.69 Å². The van der Waals surface area contributed by atoms with E-state index < -0.39 is 5.97 Å². The fourth-order valence-corrected chi connectivity index (χ4v) is 2.77. The van der Waals surface area contributed by atoms with Crippen LogP contribution in [0.1, 0.15) is 30.1 Å². The van der Waals surface area contributed by atoms with Gasteiger partial charge in [-0.1, -0.05) is 6.07 Å². The van der Waals surface area contributed by atoms with Crippen LogP contribution in [0.4, 0.5) is 0 Å². The number of carboxylic acid groups (broad SMARTS) is 1. The Morgan fingerprint density at radius 2 is 2.24 bits per heavy atom. The van der Waals surface area contributed by atoms with E-state index in [1.807, 2.05) is 0 Å². The number of fused-ring (bicyclic) bond motifs is 1. The maximum atomic E-state index is 12.2. The van der Waals surface area contributed by atoms with Crippen molar-refractivity contribution in [1.29, 1.82) is 0 Å². The minimum absolute atomic E-state index is 0.131. The Morgan fingerprint density at radius 1 is 1.52 bits per heavy atom. The predicted molar refractivity (Wildman–Crippen MR) is 79.8 cm³/mol. The highest BCUT2D eigenvalue weighted by atomic mass is 16.4. The third-order valence-electron chi connectivity index (χ3n) is 4.31. The highest BCUT2D eigenvalue weighted by molar-refractivity contribution is 6.00. The molecule has 1 aromatic carbocycles. The number of H-pyrrole nitrogens is 1. The lowest BCUT2D eigenvalue weighted by Gasteiger charge is -2.24. The van der Waals surface area contributed by atoms with Crippen LogP contribution in [0.5, 0.6) is 0 Å². The number of aromatic amines is 1. The van der Waals surface area contributed by atoms with E-state index in [4.69, 9.17) is 0 Å². The summed E-state index contributed by atoms with van der Waals surface area (Å²) >= 11 is 0. The molecule has 3 rings (SSSR count). The lowest BCUT2D eigenvalue weighted by molar-refractivity contribution is 0.0699. The van der Waals surface area contributed by atoms with Gasteiger partial charge >= 0.3 is 11.7 Å². The molecule has 1 saturated carbocycles. The summed E-state index contributed by atoms with van der Waals surface area (Å²) in [5.41, 5.74) is 0.925. The number of imidazole rings is 1. The molecular weight excluding hydrogens is 270 g/mol. The quantitative estimate of drug-likeness (QED) is 0.874. The van der Waals surface area contributed by atoms with Gasteiger partial charge < -0.3 is 10.1 Å². The number of carbonyl (C=O) groups is 1. The van der Waals surface area contributed by atoms with Crippen LogP contribution in [0.2, 0.25) is 0 Å². The van der Waals surface area contributed by atoms with Gasteiger partial charge in [0, 0.05) is 18.6 Å². The molecule has 1 unspecified atom stereocenters. The maximum absolute atomic E-state index is 12.2. The van der Waals surface area contributed by atoms with Crippen molar-refractivity contribution < 1.29 is 9.90 Å². The monoisotopic (exact) mass is 289 g/mol. The number of aromatic carboxylic acids is 1. The Bertz CT molecular complexity index is 742. The molecule has 0 aliphatic heterocycles. The molecule has 2 aromatic rings. The van der Waals surface area contributed by atoms with E-state index in [1.165, 1.54) is 18.9 Å². The SMILES string of the molecule is CC(Cn1c(=O)[nH]c2c(C(=O)O)cccc21)N(C)C1CC1. The van der Waals surface area contributed by atoms with Crippen molar-refractivity contribution in [2.75, 3.05) is 7.05 Å². The summed E-state index contributed by atoms with van der Waals surface area (Å²) in [6, 6.07) is 5.80. The number of rotatable bonds is 5. The Balaban J connectivity index is 1.98. The van der Waals surface area contributed by atoms with Gasteiger partial charge in [0.05, 0.1) is 16.6 Å². The number of likely N-dealkylation sites (N-methyl/N-ethyl adjacent to an activating group) is 1. The number of hydrogen-bond acceptors (Lipinski definition) is 3. The second-order valence-electron chi connectivity index (χ2n) is 5.79. The Morgan fingerprint density at radius 3 is 2.86 bits per heavy atom. The van der Waals surface area contributed by atoms with Crippen LogP contribution >= 0.6 is 0 Å². The average molecular weight is 289 g/mol. The molecule has 21 heavy (non-hydrogen) atoms. The number of nitrogens with one attached hydrogen (secondary N) is 1. The molecular formula is C15H19N3O3. The van der Waals surface area contributed by atoms with Crippen molar-refractivity contribution in [3.8, 4) is 0 Å². The lowest BCUT2D eigenvalue weighted by atomic mass is 10.2.